The van der Waals surface area contributed by atoms with Crippen LogP contribution in [0.15, 0.2) is 11.7 Å². The van der Waals surface area contributed by atoms with Crippen molar-refractivity contribution in [3.05, 3.63) is 28.0 Å². The zero-order chi connectivity index (χ0) is 6.85. The van der Waals surface area contributed by atoms with Gasteiger partial charge in [0.15, 0.2) is 0 Å². The van der Waals surface area contributed by atoms with Crippen molar-refractivity contribution >= 4 is 9.12 Å². The lowest BCUT2D eigenvalue weighted by Gasteiger charge is -2.11. The zero-order valence-corrected chi connectivity index (χ0v) is 7.15. The highest BCUT2D eigenvalue weighted by Crippen LogP contribution is 2.06. The van der Waals surface area contributed by atoms with Crippen LogP contribution in [-0.4, -0.2) is 9.12 Å². The molecule has 9 heavy (non-hydrogen) atoms. The van der Waals surface area contributed by atoms with E-state index >= 15 is 0 Å². The molecule has 0 fully saturated rings. The first kappa shape index (κ1) is 6.68. The molecule has 0 radical (unpaired) electrons. The predicted octanol–water partition coefficient (Wildman–Crippen LogP) is 1.95. The molecule has 0 saturated carbocycles. The van der Waals surface area contributed by atoms with Crippen molar-refractivity contribution in [2.75, 3.05) is 0 Å². The highest BCUT2D eigenvalue weighted by Gasteiger charge is 1.83. The highest BCUT2D eigenvalue weighted by molar-refractivity contribution is 6.31. The zero-order valence-electron chi connectivity index (χ0n) is 6.15. The van der Waals surface area contributed by atoms with E-state index in [4.69, 9.17) is 0 Å². The monoisotopic (exact) mass is 135 g/mol. The lowest BCUT2D eigenvalue weighted by atomic mass is 10.2. The molecule has 1 aromatic heterocycles. The van der Waals surface area contributed by atoms with Gasteiger partial charge in [-0.25, -0.2) is 5.17 Å². The molecule has 0 amide bonds. The van der Waals surface area contributed by atoms with Gasteiger partial charge >= 0.3 is 0 Å². The standard InChI is InChI=1S/C8H11Si/c1-6-4-5-9-8(3)7(6)2/h4-5H,1-3H3/q-1. The Kier molecular flexibility index (Phi) is 1.81. The van der Waals surface area contributed by atoms with Crippen molar-refractivity contribution in [3.63, 3.8) is 0 Å². The maximum Gasteiger partial charge on any atom is -0.0397 e. The summed E-state index contributed by atoms with van der Waals surface area (Å²) in [5.74, 6) is 0. The highest BCUT2D eigenvalue weighted by atomic mass is 28.2. The van der Waals surface area contributed by atoms with E-state index in [1.807, 2.05) is 0 Å². The molecule has 0 N–H and O–H groups in total. The van der Waals surface area contributed by atoms with Gasteiger partial charge in [0.25, 0.3) is 0 Å². The van der Waals surface area contributed by atoms with Crippen LogP contribution in [0.25, 0.3) is 0 Å². The molecule has 1 aromatic rings. The third-order valence-corrected chi connectivity index (χ3v) is 2.93. The lowest BCUT2D eigenvalue weighted by molar-refractivity contribution is 1.31. The van der Waals surface area contributed by atoms with Crippen LogP contribution in [0.5, 0.6) is 0 Å². The van der Waals surface area contributed by atoms with Gasteiger partial charge in [-0.1, -0.05) is 24.1 Å². The van der Waals surface area contributed by atoms with Crippen LogP contribution in [0.2, 0.25) is 0 Å². The Labute approximate surface area is 58.7 Å². The molecule has 0 aliphatic carbocycles. The van der Waals surface area contributed by atoms with Gasteiger partial charge in [0.05, 0.1) is 0 Å². The Morgan fingerprint density at radius 2 is 1.89 bits per heavy atom. The van der Waals surface area contributed by atoms with Gasteiger partial charge in [-0.15, -0.1) is 0 Å². The van der Waals surface area contributed by atoms with E-state index in [2.05, 4.69) is 32.5 Å². The summed E-state index contributed by atoms with van der Waals surface area (Å²) in [4.78, 5) is 0. The summed E-state index contributed by atoms with van der Waals surface area (Å²) in [7, 11) is 0.920. The van der Waals surface area contributed by atoms with E-state index in [1.54, 1.807) is 0 Å². The van der Waals surface area contributed by atoms with Crippen LogP contribution in [0.3, 0.4) is 0 Å². The van der Waals surface area contributed by atoms with Gasteiger partial charge in [-0.3, -0.25) is 5.68 Å². The Bertz CT molecular complexity index is 196. The molecule has 0 bridgehead atoms. The topological polar surface area (TPSA) is 0 Å². The fourth-order valence-corrected chi connectivity index (χ4v) is 1.82. The Morgan fingerprint density at radius 1 is 1.22 bits per heavy atom. The molecule has 1 heteroatoms. The maximum absolute atomic E-state index is 2.25. The minimum Gasteiger partial charge on any atom is -0.411 e. The molecule has 0 aromatic carbocycles. The van der Waals surface area contributed by atoms with Crippen molar-refractivity contribution in [1.82, 2.24) is 0 Å². The molecule has 0 aliphatic heterocycles. The van der Waals surface area contributed by atoms with Crippen molar-refractivity contribution < 1.29 is 0 Å². The second kappa shape index (κ2) is 2.44. The lowest BCUT2D eigenvalue weighted by Crippen LogP contribution is -1.88. The van der Waals surface area contributed by atoms with Gasteiger partial charge < -0.3 is 9.12 Å². The largest absolute Gasteiger partial charge is 0.411 e. The Balaban J connectivity index is 3.25. The van der Waals surface area contributed by atoms with Crippen molar-refractivity contribution in [3.8, 4) is 0 Å². The van der Waals surface area contributed by atoms with Crippen molar-refractivity contribution in [2.24, 2.45) is 0 Å². The van der Waals surface area contributed by atoms with Crippen molar-refractivity contribution in [2.45, 2.75) is 20.8 Å². The maximum atomic E-state index is 2.25. The molecular weight excluding hydrogens is 124 g/mol. The summed E-state index contributed by atoms with van der Waals surface area (Å²) in [5.41, 5.74) is 5.15. The third kappa shape index (κ3) is 1.27. The molecule has 0 atom stereocenters. The van der Waals surface area contributed by atoms with E-state index in [9.17, 15) is 0 Å². The van der Waals surface area contributed by atoms with Crippen LogP contribution in [0, 0.1) is 20.8 Å². The quantitative estimate of drug-likeness (QED) is 0.477. The second-order valence-electron chi connectivity index (χ2n) is 2.41. The van der Waals surface area contributed by atoms with E-state index in [-0.39, 0.29) is 0 Å². The summed E-state index contributed by atoms with van der Waals surface area (Å²) in [6, 6.07) is 2.21. The van der Waals surface area contributed by atoms with Gasteiger partial charge in [0.2, 0.25) is 0 Å². The first-order valence-corrected chi connectivity index (χ1v) is 4.24. The smallest absolute Gasteiger partial charge is 0.0397 e. The van der Waals surface area contributed by atoms with Crippen LogP contribution >= 0.6 is 0 Å². The van der Waals surface area contributed by atoms with Crippen LogP contribution < -0.4 is 0 Å². The molecular formula is C8H11Si-. The number of hydrogen-bond donors (Lipinski definition) is 0. The fraction of sp³-hybridized carbons (Fsp3) is 0.375. The van der Waals surface area contributed by atoms with Gasteiger partial charge in [0, 0.05) is 0 Å². The van der Waals surface area contributed by atoms with Gasteiger partial charge in [0.1, 0.15) is 0 Å². The third-order valence-electron chi connectivity index (χ3n) is 1.79. The second-order valence-corrected chi connectivity index (χ2v) is 3.78. The van der Waals surface area contributed by atoms with Gasteiger partial charge in [-0.2, -0.15) is 0 Å². The number of hydrogen-bond acceptors (Lipinski definition) is 0. The fourth-order valence-electron chi connectivity index (χ4n) is 0.821. The SMILES string of the molecule is Cc1cc[si-]c(C)c1C. The number of aryl methyl sites for hydroxylation is 2. The average molecular weight is 135 g/mol. The minimum absolute atomic E-state index is 0.920. The van der Waals surface area contributed by atoms with Crippen LogP contribution in [-0.2, 0) is 0 Å². The average Bonchev–Trinajstić information content (AvgIpc) is 1.83. The molecule has 48 valence electrons. The first-order chi connectivity index (χ1) is 4.22. The number of rotatable bonds is 0. The summed E-state index contributed by atoms with van der Waals surface area (Å²) in [5, 5.41) is 1.54. The molecule has 0 saturated heterocycles. The first-order valence-electron chi connectivity index (χ1n) is 3.16. The van der Waals surface area contributed by atoms with E-state index in [0.29, 0.717) is 0 Å². The Hall–Kier alpha value is -0.433. The normalized spacial score (nSPS) is 9.67. The van der Waals surface area contributed by atoms with Crippen molar-refractivity contribution in [1.29, 1.82) is 0 Å². The van der Waals surface area contributed by atoms with E-state index < -0.39 is 0 Å². The van der Waals surface area contributed by atoms with E-state index in [1.165, 1.54) is 16.3 Å². The predicted molar refractivity (Wildman–Crippen MR) is 42.0 cm³/mol. The summed E-state index contributed by atoms with van der Waals surface area (Å²) < 4.78 is 0. The van der Waals surface area contributed by atoms with E-state index in [0.717, 1.165) is 9.12 Å². The molecule has 0 aliphatic rings. The Morgan fingerprint density at radius 3 is 2.33 bits per heavy atom. The molecule has 0 unspecified atom stereocenters. The summed E-state index contributed by atoms with van der Waals surface area (Å²) in [6.07, 6.45) is 0. The summed E-state index contributed by atoms with van der Waals surface area (Å²) in [6.45, 7) is 6.57. The summed E-state index contributed by atoms with van der Waals surface area (Å²) >= 11 is 0. The molecule has 0 spiro atoms. The molecule has 0 nitrogen and oxygen atoms in total. The molecule has 1 heterocycles. The van der Waals surface area contributed by atoms with Crippen LogP contribution in [0.1, 0.15) is 16.3 Å². The minimum atomic E-state index is 0.920. The van der Waals surface area contributed by atoms with Gasteiger partial charge in [-0.05, 0) is 13.8 Å². The molecule has 1 rings (SSSR count). The van der Waals surface area contributed by atoms with Crippen LogP contribution in [0.4, 0.5) is 0 Å².